The number of hydrogen-bond donors (Lipinski definition) is 1. The van der Waals surface area contributed by atoms with Crippen LogP contribution in [0.3, 0.4) is 0 Å². The first-order valence-corrected chi connectivity index (χ1v) is 3.48. The number of hydrogen-bond acceptors (Lipinski definition) is 3. The molecule has 2 rings (SSSR count). The van der Waals surface area contributed by atoms with Crippen molar-refractivity contribution in [2.24, 2.45) is 0 Å². The van der Waals surface area contributed by atoms with Gasteiger partial charge in [0.1, 0.15) is 5.76 Å². The quantitative estimate of drug-likeness (QED) is 0.486. The molecule has 0 aromatic heterocycles. The highest BCUT2D eigenvalue weighted by Gasteiger charge is 2.24. The van der Waals surface area contributed by atoms with Gasteiger partial charge in [0.25, 0.3) is 0 Å². The Balaban J connectivity index is 2.20. The van der Waals surface area contributed by atoms with Crippen LogP contribution in [0.15, 0.2) is 11.3 Å². The van der Waals surface area contributed by atoms with Crippen molar-refractivity contribution in [2.75, 3.05) is 13.1 Å². The lowest BCUT2D eigenvalue weighted by Gasteiger charge is -2.11. The smallest absolute Gasteiger partial charge is 0.315 e. The molecule has 3 heteroatoms. The average Bonchev–Trinajstić information content (AvgIpc) is 2.27. The van der Waals surface area contributed by atoms with Gasteiger partial charge < -0.3 is 10.1 Å². The van der Waals surface area contributed by atoms with Gasteiger partial charge in [-0.25, -0.2) is 0 Å². The van der Waals surface area contributed by atoms with Gasteiger partial charge in [-0.05, 0) is 18.5 Å². The van der Waals surface area contributed by atoms with E-state index in [1.54, 1.807) is 0 Å². The highest BCUT2D eigenvalue weighted by molar-refractivity contribution is 5.77. The van der Waals surface area contributed by atoms with E-state index in [2.05, 4.69) is 5.32 Å². The summed E-state index contributed by atoms with van der Waals surface area (Å²) in [6.45, 7) is 1.72. The second kappa shape index (κ2) is 2.09. The predicted molar refractivity (Wildman–Crippen MR) is 35.2 cm³/mol. The Morgan fingerprint density at radius 1 is 1.50 bits per heavy atom. The summed E-state index contributed by atoms with van der Waals surface area (Å²) in [6, 6.07) is 0. The number of rotatable bonds is 0. The van der Waals surface area contributed by atoms with Crippen molar-refractivity contribution in [2.45, 2.75) is 12.8 Å². The molecule has 2 heterocycles. The zero-order valence-corrected chi connectivity index (χ0v) is 5.64. The Kier molecular flexibility index (Phi) is 1.24. The van der Waals surface area contributed by atoms with Crippen molar-refractivity contribution in [3.05, 3.63) is 11.3 Å². The van der Waals surface area contributed by atoms with Crippen LogP contribution in [0.4, 0.5) is 0 Å². The highest BCUT2D eigenvalue weighted by Crippen LogP contribution is 2.24. The number of carbonyl (C=O) groups is 1. The van der Waals surface area contributed by atoms with Crippen LogP contribution < -0.4 is 5.32 Å². The normalized spacial score (nSPS) is 24.6. The molecule has 0 unspecified atom stereocenters. The summed E-state index contributed by atoms with van der Waals surface area (Å²) in [4.78, 5) is 10.7. The summed E-state index contributed by atoms with van der Waals surface area (Å²) in [5, 5.41) is 3.14. The minimum Gasteiger partial charge on any atom is -0.429 e. The van der Waals surface area contributed by atoms with Gasteiger partial charge in [-0.3, -0.25) is 4.79 Å². The number of carbonyl (C=O) groups excluding carboxylic acids is 1. The number of nitrogens with one attached hydrogen (secondary N) is 1. The van der Waals surface area contributed by atoms with Gasteiger partial charge in [0.2, 0.25) is 0 Å². The fraction of sp³-hybridized carbons (Fsp3) is 0.571. The maximum absolute atomic E-state index is 10.7. The zero-order valence-electron chi connectivity index (χ0n) is 5.64. The molecule has 3 nitrogen and oxygen atoms in total. The van der Waals surface area contributed by atoms with Crippen LogP contribution >= 0.6 is 0 Å². The van der Waals surface area contributed by atoms with E-state index in [4.69, 9.17) is 4.74 Å². The Morgan fingerprint density at radius 2 is 2.40 bits per heavy atom. The molecule has 1 N–H and O–H groups in total. The number of esters is 1. The van der Waals surface area contributed by atoms with E-state index < -0.39 is 0 Å². The van der Waals surface area contributed by atoms with E-state index in [-0.39, 0.29) is 5.97 Å². The molecule has 0 amide bonds. The third kappa shape index (κ3) is 0.827. The van der Waals surface area contributed by atoms with E-state index in [1.165, 1.54) is 5.57 Å². The van der Waals surface area contributed by atoms with E-state index >= 15 is 0 Å². The zero-order chi connectivity index (χ0) is 6.97. The van der Waals surface area contributed by atoms with Crippen LogP contribution in [0.1, 0.15) is 12.8 Å². The summed E-state index contributed by atoms with van der Waals surface area (Å²) < 4.78 is 4.94. The Hall–Kier alpha value is -0.830. The van der Waals surface area contributed by atoms with Crippen LogP contribution in [0.25, 0.3) is 0 Å². The van der Waals surface area contributed by atoms with Crippen molar-refractivity contribution in [3.63, 3.8) is 0 Å². The molecule has 0 aliphatic carbocycles. The fourth-order valence-electron chi connectivity index (χ4n) is 1.35. The monoisotopic (exact) mass is 139 g/mol. The van der Waals surface area contributed by atoms with Crippen molar-refractivity contribution in [3.8, 4) is 0 Å². The lowest BCUT2D eigenvalue weighted by molar-refractivity contribution is -0.136. The van der Waals surface area contributed by atoms with E-state index in [0.717, 1.165) is 25.3 Å². The summed E-state index contributed by atoms with van der Waals surface area (Å²) in [5.41, 5.74) is 1.20. The van der Waals surface area contributed by atoms with E-state index in [1.807, 2.05) is 0 Å². The van der Waals surface area contributed by atoms with Gasteiger partial charge in [0.15, 0.2) is 0 Å². The molecule has 2 aliphatic rings. The Labute approximate surface area is 59.1 Å². The Bertz CT molecular complexity index is 188. The van der Waals surface area contributed by atoms with Gasteiger partial charge in [0, 0.05) is 0 Å². The SMILES string of the molecule is O=C1CC2=C(CNCC2)O1. The fourth-order valence-corrected chi connectivity index (χ4v) is 1.35. The topological polar surface area (TPSA) is 38.3 Å². The van der Waals surface area contributed by atoms with Gasteiger partial charge >= 0.3 is 5.97 Å². The van der Waals surface area contributed by atoms with Crippen molar-refractivity contribution in [1.82, 2.24) is 5.32 Å². The maximum Gasteiger partial charge on any atom is 0.315 e. The van der Waals surface area contributed by atoms with Crippen molar-refractivity contribution < 1.29 is 9.53 Å². The second-order valence-electron chi connectivity index (χ2n) is 2.60. The predicted octanol–water partition coefficient (Wildman–Crippen LogP) is 0.181. The number of ether oxygens (including phenoxy) is 1. The highest BCUT2D eigenvalue weighted by atomic mass is 16.5. The van der Waals surface area contributed by atoms with Crippen LogP contribution in [-0.2, 0) is 9.53 Å². The van der Waals surface area contributed by atoms with Gasteiger partial charge in [-0.1, -0.05) is 0 Å². The van der Waals surface area contributed by atoms with Gasteiger partial charge in [0.05, 0.1) is 13.0 Å². The summed E-state index contributed by atoms with van der Waals surface area (Å²) >= 11 is 0. The molecule has 0 saturated heterocycles. The minimum atomic E-state index is -0.0892. The molecule has 0 saturated carbocycles. The lowest BCUT2D eigenvalue weighted by Crippen LogP contribution is -2.23. The molecule has 0 atom stereocenters. The second-order valence-corrected chi connectivity index (χ2v) is 2.60. The first kappa shape index (κ1) is 5.92. The molecule has 0 fully saturated rings. The van der Waals surface area contributed by atoms with Crippen molar-refractivity contribution in [1.29, 1.82) is 0 Å². The van der Waals surface area contributed by atoms with E-state index in [0.29, 0.717) is 6.42 Å². The molecule has 0 radical (unpaired) electrons. The maximum atomic E-state index is 10.7. The molecule has 0 aromatic rings. The van der Waals surface area contributed by atoms with Crippen molar-refractivity contribution >= 4 is 5.97 Å². The van der Waals surface area contributed by atoms with Gasteiger partial charge in [-0.15, -0.1) is 0 Å². The molecule has 10 heavy (non-hydrogen) atoms. The molecule has 0 bridgehead atoms. The largest absolute Gasteiger partial charge is 0.429 e. The van der Waals surface area contributed by atoms with Crippen LogP contribution in [-0.4, -0.2) is 19.1 Å². The van der Waals surface area contributed by atoms with Crippen LogP contribution in [0, 0.1) is 0 Å². The first-order valence-electron chi connectivity index (χ1n) is 3.48. The standard InChI is InChI=1S/C7H9NO2/c9-7-3-5-1-2-8-4-6(5)10-7/h8H,1-4H2. The summed E-state index contributed by atoms with van der Waals surface area (Å²) in [5.74, 6) is 0.782. The average molecular weight is 139 g/mol. The first-order chi connectivity index (χ1) is 4.86. The minimum absolute atomic E-state index is 0.0892. The van der Waals surface area contributed by atoms with Crippen LogP contribution in [0.2, 0.25) is 0 Å². The summed E-state index contributed by atoms with van der Waals surface area (Å²) in [7, 11) is 0. The molecule has 2 aliphatic heterocycles. The molecular weight excluding hydrogens is 130 g/mol. The molecule has 0 spiro atoms. The van der Waals surface area contributed by atoms with Gasteiger partial charge in [-0.2, -0.15) is 0 Å². The third-order valence-corrected chi connectivity index (χ3v) is 1.88. The third-order valence-electron chi connectivity index (χ3n) is 1.88. The lowest BCUT2D eigenvalue weighted by atomic mass is 10.1. The van der Waals surface area contributed by atoms with Crippen LogP contribution in [0.5, 0.6) is 0 Å². The molecular formula is C7H9NO2. The summed E-state index contributed by atoms with van der Waals surface area (Å²) in [6.07, 6.45) is 1.50. The molecule has 0 aromatic carbocycles. The Morgan fingerprint density at radius 3 is 3.20 bits per heavy atom. The molecule has 54 valence electrons. The van der Waals surface area contributed by atoms with E-state index in [9.17, 15) is 4.79 Å².